The Hall–Kier alpha value is -6.49. The van der Waals surface area contributed by atoms with Crippen LogP contribution in [0.4, 0.5) is 0 Å². The van der Waals surface area contributed by atoms with Gasteiger partial charge >= 0.3 is 0 Å². The quantitative estimate of drug-likeness (QED) is 0.0536. The number of carbonyl (C=O) groups excluding carboxylic acids is 1. The smallest absolute Gasteiger partial charge is 0.139 e. The Morgan fingerprint density at radius 3 is 0.869 bits per heavy atom. The van der Waals surface area contributed by atoms with Crippen molar-refractivity contribution in [2.45, 2.75) is 343 Å². The number of rotatable bonds is 11. The van der Waals surface area contributed by atoms with Crippen molar-refractivity contribution in [3.05, 3.63) is 182 Å². The summed E-state index contributed by atoms with van der Waals surface area (Å²) in [6.45, 7) is 22.1. The summed E-state index contributed by atoms with van der Waals surface area (Å²) >= 11 is 0. The fraction of sp³-hybridized carbons (Fsp3) is 0.689. The number of hydrogen-bond acceptors (Lipinski definition) is 18. The molecule has 0 radical (unpaired) electrons. The average Bonchev–Trinajstić information content (AvgIpc) is 1.73. The third kappa shape index (κ3) is 17.5. The number of aliphatic hydroxyl groups excluding tert-OH is 5. The summed E-state index contributed by atoms with van der Waals surface area (Å²) in [5.41, 5.74) is 18.4. The van der Waals surface area contributed by atoms with Crippen LogP contribution < -0.4 is 11.8 Å². The summed E-state index contributed by atoms with van der Waals surface area (Å²) < 4.78 is 16.4. The Morgan fingerprint density at radius 1 is 0.307 bits per heavy atom. The number of aromatic hydroxyl groups is 5. The number of methoxy groups -OCH3 is 3. The molecule has 137 heavy (non-hydrogen) atoms. The van der Waals surface area contributed by atoms with Crippen molar-refractivity contribution in [3.63, 3.8) is 0 Å². The zero-order valence-corrected chi connectivity index (χ0v) is 84.2. The molecule has 18 aliphatic carbocycles. The summed E-state index contributed by atoms with van der Waals surface area (Å²) in [7, 11) is 5.27. The lowest BCUT2D eigenvalue weighted by Crippen LogP contribution is -2.44. The van der Waals surface area contributed by atoms with Gasteiger partial charge in [-0.15, -0.1) is 0 Å². The van der Waals surface area contributed by atoms with E-state index in [1.54, 1.807) is 39.0 Å². The number of aliphatic hydroxyl groups is 5. The molecule has 4 unspecified atom stereocenters. The van der Waals surface area contributed by atoms with Gasteiger partial charge in [0, 0.05) is 75.3 Å². The highest BCUT2D eigenvalue weighted by Crippen LogP contribution is 2.71. The van der Waals surface area contributed by atoms with Gasteiger partial charge in [-0.3, -0.25) is 4.79 Å². The Labute approximate surface area is 816 Å². The van der Waals surface area contributed by atoms with Crippen molar-refractivity contribution in [2.24, 2.45) is 121 Å². The lowest BCUT2D eigenvalue weighted by Gasteiger charge is -2.52. The van der Waals surface area contributed by atoms with Crippen LogP contribution in [0.25, 0.3) is 0 Å². The number of ether oxygens (including phenoxy) is 3. The first-order valence-electron chi connectivity index (χ1n) is 54.0. The number of nitrogens with two attached hydrogens (primary N) is 2. The SMILES string of the molecule is COC[C@@H]1C[C@@H]2[C@H](CC[C@]3(C)C(=O)CC[C@@H]23)c2ccc(O)cc21.COC[C@@H]1C[C@@H]2[C@H](CC[C@]3(C)C(O)CC[C@@H]23)c2ccc(O)cc21.COC[C@@H]1C[C@@H]2[C@H](CC[C@]3(C)[C@@H](O)CC[C@@H]23)c2ccc(O)cc21.C[C@]12CC[C@@H]3c4ccc(O)cc4[C@H](CO)C[C@H]3[C@@H]1CCC2O.C[C@]12CC[C@@H]3c4ccc(O)cc4[C@H](CON)C[C@H]3[C@@H]1CCC2O.Cc1ccc2c(c1)[C@H](CON)C[C@@H]1[C@@H]2CC[C@]2(C)C(C)CC[C@@H]12. The molecule has 0 amide bonds. The molecule has 0 bridgehead atoms. The van der Waals surface area contributed by atoms with Gasteiger partial charge in [0.1, 0.15) is 34.5 Å². The highest BCUT2D eigenvalue weighted by atomic mass is 16.6. The molecule has 748 valence electrons. The van der Waals surface area contributed by atoms with Crippen LogP contribution in [0.15, 0.2) is 109 Å². The van der Waals surface area contributed by atoms with Crippen LogP contribution in [0.2, 0.25) is 0 Å². The van der Waals surface area contributed by atoms with Crippen molar-refractivity contribution in [2.75, 3.05) is 61.0 Å². The summed E-state index contributed by atoms with van der Waals surface area (Å²) in [4.78, 5) is 22.5. The van der Waals surface area contributed by atoms with Crippen molar-refractivity contribution in [3.8, 4) is 28.7 Å². The number of ketones is 1. The summed E-state index contributed by atoms with van der Waals surface area (Å²) in [6, 6.07) is 36.3. The summed E-state index contributed by atoms with van der Waals surface area (Å²) in [5, 5.41) is 101. The van der Waals surface area contributed by atoms with E-state index in [1.165, 1.54) is 93.3 Å². The van der Waals surface area contributed by atoms with Gasteiger partial charge in [-0.25, -0.2) is 11.8 Å². The van der Waals surface area contributed by atoms with Gasteiger partial charge in [0.25, 0.3) is 0 Å². The number of hydrogen-bond donors (Lipinski definition) is 12. The maximum absolute atomic E-state index is 12.4. The Kier molecular flexibility index (Phi) is 28.7. The van der Waals surface area contributed by atoms with E-state index < -0.39 is 0 Å². The third-order valence-corrected chi connectivity index (χ3v) is 43.5. The number of aryl methyl sites for hydroxylation is 1. The van der Waals surface area contributed by atoms with E-state index in [4.69, 9.17) is 35.7 Å². The average molecular weight is 1880 g/mol. The molecule has 0 heterocycles. The van der Waals surface area contributed by atoms with Gasteiger partial charge in [0.05, 0.1) is 57.5 Å². The predicted molar refractivity (Wildman–Crippen MR) is 535 cm³/mol. The normalized spacial score (nSPS) is 41.6. The fourth-order valence-electron chi connectivity index (χ4n) is 36.1. The van der Waals surface area contributed by atoms with Crippen molar-refractivity contribution < 1.29 is 79.7 Å². The second kappa shape index (κ2) is 39.6. The maximum atomic E-state index is 12.4. The Bertz CT molecular complexity index is 4850. The van der Waals surface area contributed by atoms with Crippen molar-refractivity contribution >= 4 is 5.78 Å². The first kappa shape index (κ1) is 99.3. The molecule has 18 heteroatoms. The van der Waals surface area contributed by atoms with Gasteiger partial charge in [0.2, 0.25) is 0 Å². The number of carbonyl (C=O) groups is 1. The van der Waals surface area contributed by atoms with E-state index in [1.807, 2.05) is 48.5 Å². The number of Topliss-reactive ketones (excluding diaryl/α,β-unsaturated/α-hetero) is 1. The molecule has 0 aliphatic heterocycles. The minimum atomic E-state index is -0.160. The van der Waals surface area contributed by atoms with E-state index >= 15 is 0 Å². The molecular formula is C119H166N2O16. The monoisotopic (exact) mass is 1880 g/mol. The Morgan fingerprint density at radius 2 is 0.562 bits per heavy atom. The lowest BCUT2D eigenvalue weighted by atomic mass is 9.53. The van der Waals surface area contributed by atoms with Crippen LogP contribution in [0.3, 0.4) is 0 Å². The molecule has 6 aromatic rings. The van der Waals surface area contributed by atoms with Gasteiger partial charge < -0.3 is 75.0 Å². The van der Waals surface area contributed by atoms with Crippen LogP contribution in [-0.2, 0) is 28.7 Å². The van der Waals surface area contributed by atoms with Gasteiger partial charge in [-0.2, -0.15) is 0 Å². The molecule has 24 rings (SSSR count). The maximum Gasteiger partial charge on any atom is 0.139 e. The number of fused-ring (bicyclic) bond motifs is 30. The Balaban J connectivity index is 0.000000105. The molecule has 18 nitrogen and oxygen atoms in total. The molecule has 12 fully saturated rings. The molecule has 0 aromatic heterocycles. The highest BCUT2D eigenvalue weighted by molar-refractivity contribution is 5.87. The van der Waals surface area contributed by atoms with E-state index in [9.17, 15) is 55.9 Å². The van der Waals surface area contributed by atoms with Gasteiger partial charge in [0.15, 0.2) is 0 Å². The summed E-state index contributed by atoms with van der Waals surface area (Å²) in [5.74, 6) is 27.0. The molecule has 12 saturated carbocycles. The fourth-order valence-corrected chi connectivity index (χ4v) is 36.1. The minimum Gasteiger partial charge on any atom is -0.508 e. The highest BCUT2D eigenvalue weighted by Gasteiger charge is 2.63. The van der Waals surface area contributed by atoms with E-state index in [0.29, 0.717) is 185 Å². The van der Waals surface area contributed by atoms with E-state index in [0.717, 1.165) is 190 Å². The second-order valence-corrected chi connectivity index (χ2v) is 49.3. The lowest BCUT2D eigenvalue weighted by molar-refractivity contribution is -0.129. The molecule has 6 aromatic carbocycles. The van der Waals surface area contributed by atoms with Crippen molar-refractivity contribution in [1.82, 2.24) is 0 Å². The number of benzene rings is 6. The van der Waals surface area contributed by atoms with Gasteiger partial charge in [-0.1, -0.05) is 103 Å². The first-order chi connectivity index (χ1) is 65.8. The van der Waals surface area contributed by atoms with Crippen LogP contribution in [-0.4, -0.2) is 142 Å². The van der Waals surface area contributed by atoms with Crippen LogP contribution >= 0.6 is 0 Å². The molecule has 0 spiro atoms. The number of phenolic OH excluding ortho intramolecular Hbond substituents is 5. The molecule has 35 atom stereocenters. The largest absolute Gasteiger partial charge is 0.508 e. The summed E-state index contributed by atoms with van der Waals surface area (Å²) in [6.07, 6.45) is 33.0. The van der Waals surface area contributed by atoms with Gasteiger partial charge in [-0.05, 0) is 460 Å². The minimum absolute atomic E-state index is 0.0651. The standard InChI is InChI=1S/C21H31NO.2C20H28O3.C20H26O3.C19H27NO3.C19H26O3/c1-13-4-6-16-17-8-9-21(3)14(2)5-7-20(21)19(17)11-15(12-23-22)18(16)10-13;3*1-20-8-7-15-14-4-3-13(21)10-16(14)12(11-23-2)9-17(15)18(20)5-6-19(20)22;1-19-7-6-14-13-3-2-12(21)9-15(13)11(10-23-20)8-16(14)17(19)4-5-18(19)22;1-19-7-6-14-13-3-2-12(21)9-15(13)11(10-20)8-16(14)17(19)4-5-18(19)22/h4,6,10,14-15,17,19-20H,5,7-9,11-12,22H2,1-3H3;2*3-4,10,12,15,17-19,21-22H,5-9,11H2,1-2H3;3-4,10,12,15,17-18,21H,5-9,11H2,1-2H3;2-3,9,11,14,16-18,21-22H,4-8,10,20H2,1H3;2-3,9,11,14,16-18,20-22H,4-8,10H2,1H3/t14?,15-,17+,19+,20-,21+;12-,15+,17+,18-,19?,20-;12-,15+,17+,18-,19-,20-;12-,15+,17+,18-,20-;2*11-,14+,16+,17-,18?,19-/m000000/s1. The topological polar surface area (TPSA) is 318 Å². The predicted octanol–water partition coefficient (Wildman–Crippen LogP) is 22.7. The zero-order valence-electron chi connectivity index (χ0n) is 84.2. The zero-order chi connectivity index (χ0) is 96.4. The molecule has 0 saturated heterocycles. The third-order valence-electron chi connectivity index (χ3n) is 43.5. The molecule has 14 N–H and O–H groups in total. The van der Waals surface area contributed by atoms with Crippen LogP contribution in [0.1, 0.15) is 384 Å². The number of phenols is 5. The van der Waals surface area contributed by atoms with Crippen molar-refractivity contribution in [1.29, 1.82) is 0 Å². The molecule has 18 aliphatic rings. The second-order valence-electron chi connectivity index (χ2n) is 49.3. The van der Waals surface area contributed by atoms with E-state index in [2.05, 4.69) is 104 Å². The van der Waals surface area contributed by atoms with Crippen LogP contribution in [0.5, 0.6) is 28.7 Å². The van der Waals surface area contributed by atoms with Crippen LogP contribution in [0, 0.1) is 116 Å². The molecular weight excluding hydrogens is 1710 g/mol. The first-order valence-corrected chi connectivity index (χ1v) is 54.0. The van der Waals surface area contributed by atoms with E-state index in [-0.39, 0.29) is 69.9 Å².